The van der Waals surface area contributed by atoms with Crippen molar-refractivity contribution in [2.45, 2.75) is 25.7 Å². The molecule has 2 N–H and O–H groups in total. The molecule has 0 spiro atoms. The van der Waals surface area contributed by atoms with Gasteiger partial charge >= 0.3 is 0 Å². The SMILES string of the molecule is Cc1ncnc(N)c1N(C)c1ccc(C2CC2)cc1. The predicted molar refractivity (Wildman–Crippen MR) is 77.7 cm³/mol. The minimum absolute atomic E-state index is 0.515. The van der Waals surface area contributed by atoms with Crippen LogP contribution in [0.3, 0.4) is 0 Å². The number of nitrogens with zero attached hydrogens (tertiary/aromatic N) is 3. The first-order chi connectivity index (χ1) is 9.16. The van der Waals surface area contributed by atoms with E-state index in [4.69, 9.17) is 5.73 Å². The summed E-state index contributed by atoms with van der Waals surface area (Å²) in [7, 11) is 1.99. The second kappa shape index (κ2) is 4.53. The van der Waals surface area contributed by atoms with Gasteiger partial charge in [0.2, 0.25) is 0 Å². The maximum atomic E-state index is 5.95. The van der Waals surface area contributed by atoms with Gasteiger partial charge in [-0.05, 0) is 43.4 Å². The van der Waals surface area contributed by atoms with E-state index in [9.17, 15) is 0 Å². The van der Waals surface area contributed by atoms with Crippen molar-refractivity contribution >= 4 is 17.2 Å². The van der Waals surface area contributed by atoms with Crippen molar-refractivity contribution in [2.24, 2.45) is 0 Å². The first-order valence-corrected chi connectivity index (χ1v) is 6.57. The largest absolute Gasteiger partial charge is 0.382 e. The Labute approximate surface area is 113 Å². The van der Waals surface area contributed by atoms with Crippen molar-refractivity contribution in [3.8, 4) is 0 Å². The van der Waals surface area contributed by atoms with Crippen LogP contribution >= 0.6 is 0 Å². The Morgan fingerprint density at radius 2 is 1.84 bits per heavy atom. The van der Waals surface area contributed by atoms with Crippen LogP contribution in [0.25, 0.3) is 0 Å². The lowest BCUT2D eigenvalue weighted by atomic mass is 10.1. The van der Waals surface area contributed by atoms with Gasteiger partial charge in [-0.3, -0.25) is 0 Å². The molecule has 0 bridgehead atoms. The summed E-state index contributed by atoms with van der Waals surface area (Å²) in [5.41, 5.74) is 10.3. The molecule has 19 heavy (non-hydrogen) atoms. The molecule has 0 aliphatic heterocycles. The molecular weight excluding hydrogens is 236 g/mol. The smallest absolute Gasteiger partial charge is 0.151 e. The van der Waals surface area contributed by atoms with E-state index < -0.39 is 0 Å². The van der Waals surface area contributed by atoms with Crippen LogP contribution in [0.4, 0.5) is 17.2 Å². The van der Waals surface area contributed by atoms with Crippen LogP contribution in [0, 0.1) is 6.92 Å². The fourth-order valence-electron chi connectivity index (χ4n) is 2.42. The van der Waals surface area contributed by atoms with Gasteiger partial charge in [-0.25, -0.2) is 9.97 Å². The molecule has 1 fully saturated rings. The minimum atomic E-state index is 0.515. The maximum absolute atomic E-state index is 5.95. The third kappa shape index (κ3) is 2.26. The standard InChI is InChI=1S/C15H18N4/c1-10-14(15(16)18-9-17-10)19(2)13-7-5-12(6-8-13)11-3-4-11/h5-9,11H,3-4H2,1-2H3,(H2,16,17,18). The fourth-order valence-corrected chi connectivity index (χ4v) is 2.42. The molecule has 1 saturated carbocycles. The lowest BCUT2D eigenvalue weighted by molar-refractivity contribution is 1.06. The van der Waals surface area contributed by atoms with Crippen molar-refractivity contribution in [2.75, 3.05) is 17.7 Å². The normalized spacial score (nSPS) is 14.4. The minimum Gasteiger partial charge on any atom is -0.382 e. The van der Waals surface area contributed by atoms with Crippen molar-refractivity contribution in [3.05, 3.63) is 41.9 Å². The van der Waals surface area contributed by atoms with Crippen LogP contribution in [0.5, 0.6) is 0 Å². The zero-order valence-corrected chi connectivity index (χ0v) is 11.3. The van der Waals surface area contributed by atoms with Crippen LogP contribution in [0.1, 0.15) is 30.0 Å². The van der Waals surface area contributed by atoms with Crippen molar-refractivity contribution < 1.29 is 0 Å². The Hall–Kier alpha value is -2.10. The lowest BCUT2D eigenvalue weighted by Gasteiger charge is -2.22. The first kappa shape index (κ1) is 12.0. The summed E-state index contributed by atoms with van der Waals surface area (Å²) in [5, 5.41) is 0. The second-order valence-electron chi connectivity index (χ2n) is 5.12. The highest BCUT2D eigenvalue weighted by Crippen LogP contribution is 2.40. The third-order valence-electron chi connectivity index (χ3n) is 3.70. The summed E-state index contributed by atoms with van der Waals surface area (Å²) in [6.45, 7) is 1.95. The number of anilines is 3. The Balaban J connectivity index is 1.92. The highest BCUT2D eigenvalue weighted by atomic mass is 15.1. The molecule has 3 rings (SSSR count). The van der Waals surface area contributed by atoms with Crippen molar-refractivity contribution in [1.82, 2.24) is 9.97 Å². The zero-order chi connectivity index (χ0) is 13.4. The summed E-state index contributed by atoms with van der Waals surface area (Å²) in [5.74, 6) is 1.30. The van der Waals surface area contributed by atoms with E-state index >= 15 is 0 Å². The zero-order valence-electron chi connectivity index (χ0n) is 11.3. The topological polar surface area (TPSA) is 55.0 Å². The molecule has 0 unspecified atom stereocenters. The summed E-state index contributed by atoms with van der Waals surface area (Å²) >= 11 is 0. The average molecular weight is 254 g/mol. The summed E-state index contributed by atoms with van der Waals surface area (Å²) in [4.78, 5) is 10.3. The molecule has 98 valence electrons. The average Bonchev–Trinajstić information content (AvgIpc) is 3.23. The Morgan fingerprint density at radius 3 is 2.42 bits per heavy atom. The first-order valence-electron chi connectivity index (χ1n) is 6.57. The Bertz CT molecular complexity index is 567. The molecule has 1 aromatic heterocycles. The number of hydrogen-bond acceptors (Lipinski definition) is 4. The van der Waals surface area contributed by atoms with Gasteiger partial charge in [-0.1, -0.05) is 12.1 Å². The summed E-state index contributed by atoms with van der Waals surface area (Å²) in [6, 6.07) is 8.69. The van der Waals surface area contributed by atoms with E-state index in [0.29, 0.717) is 5.82 Å². The van der Waals surface area contributed by atoms with Crippen LogP contribution < -0.4 is 10.6 Å². The van der Waals surface area contributed by atoms with E-state index in [1.54, 1.807) is 0 Å². The molecule has 0 radical (unpaired) electrons. The van der Waals surface area contributed by atoms with Crippen LogP contribution in [-0.4, -0.2) is 17.0 Å². The van der Waals surface area contributed by atoms with Gasteiger partial charge in [0.25, 0.3) is 0 Å². The van der Waals surface area contributed by atoms with Crippen LogP contribution in [0.15, 0.2) is 30.6 Å². The number of hydrogen-bond donors (Lipinski definition) is 1. The molecule has 4 heteroatoms. The highest BCUT2D eigenvalue weighted by molar-refractivity contribution is 5.73. The van der Waals surface area contributed by atoms with E-state index in [0.717, 1.165) is 23.0 Å². The second-order valence-corrected chi connectivity index (χ2v) is 5.12. The molecule has 0 atom stereocenters. The van der Waals surface area contributed by atoms with E-state index in [2.05, 4.69) is 34.2 Å². The monoisotopic (exact) mass is 254 g/mol. The van der Waals surface area contributed by atoms with Crippen molar-refractivity contribution in [1.29, 1.82) is 0 Å². The molecule has 0 amide bonds. The quantitative estimate of drug-likeness (QED) is 0.914. The maximum Gasteiger partial charge on any atom is 0.151 e. The Morgan fingerprint density at radius 1 is 1.16 bits per heavy atom. The predicted octanol–water partition coefficient (Wildman–Crippen LogP) is 3.01. The van der Waals surface area contributed by atoms with Gasteiger partial charge in [-0.15, -0.1) is 0 Å². The summed E-state index contributed by atoms with van der Waals surface area (Å²) < 4.78 is 0. The number of aryl methyl sites for hydroxylation is 1. The molecule has 0 saturated heterocycles. The third-order valence-corrected chi connectivity index (χ3v) is 3.70. The molecule has 1 aliphatic carbocycles. The lowest BCUT2D eigenvalue weighted by Crippen LogP contribution is -2.14. The van der Waals surface area contributed by atoms with E-state index in [1.165, 1.54) is 24.7 Å². The van der Waals surface area contributed by atoms with Gasteiger partial charge in [-0.2, -0.15) is 0 Å². The highest BCUT2D eigenvalue weighted by Gasteiger charge is 2.23. The van der Waals surface area contributed by atoms with Crippen LogP contribution in [-0.2, 0) is 0 Å². The van der Waals surface area contributed by atoms with E-state index in [1.807, 2.05) is 18.9 Å². The van der Waals surface area contributed by atoms with Crippen molar-refractivity contribution in [3.63, 3.8) is 0 Å². The van der Waals surface area contributed by atoms with Gasteiger partial charge in [0.1, 0.15) is 12.0 Å². The van der Waals surface area contributed by atoms with Gasteiger partial charge in [0.05, 0.1) is 5.69 Å². The molecule has 2 aromatic rings. The molecule has 1 heterocycles. The van der Waals surface area contributed by atoms with E-state index in [-0.39, 0.29) is 0 Å². The fraction of sp³-hybridized carbons (Fsp3) is 0.333. The number of nitrogen functional groups attached to an aromatic ring is 1. The molecule has 1 aromatic carbocycles. The molecule has 1 aliphatic rings. The van der Waals surface area contributed by atoms with Gasteiger partial charge < -0.3 is 10.6 Å². The number of nitrogens with two attached hydrogens (primary N) is 1. The van der Waals surface area contributed by atoms with Gasteiger partial charge in [0, 0.05) is 12.7 Å². The molecular formula is C15H18N4. The number of aromatic nitrogens is 2. The number of benzene rings is 1. The number of rotatable bonds is 3. The Kier molecular flexibility index (Phi) is 2.85. The summed E-state index contributed by atoms with van der Waals surface area (Å²) in [6.07, 6.45) is 4.15. The van der Waals surface area contributed by atoms with Crippen LogP contribution in [0.2, 0.25) is 0 Å². The van der Waals surface area contributed by atoms with Gasteiger partial charge in [0.15, 0.2) is 5.82 Å². The molecule has 4 nitrogen and oxygen atoms in total.